The van der Waals surface area contributed by atoms with Crippen LogP contribution in [0.3, 0.4) is 0 Å². The van der Waals surface area contributed by atoms with Gasteiger partial charge in [-0.1, -0.05) is 24.3 Å². The molecule has 2 aromatic rings. The molecule has 3 N–H and O–H groups in total. The molecule has 0 bridgehead atoms. The summed E-state index contributed by atoms with van der Waals surface area (Å²) in [5.74, 6) is -0.229. The zero-order valence-electron chi connectivity index (χ0n) is 12.1. The molecule has 0 saturated heterocycles. The Labute approximate surface area is 124 Å². The number of nitriles is 1. The number of benzene rings is 2. The molecule has 4 heteroatoms. The highest BCUT2D eigenvalue weighted by molar-refractivity contribution is 5.50. The van der Waals surface area contributed by atoms with Crippen molar-refractivity contribution in [1.29, 1.82) is 5.26 Å². The molecular weight excluding hydrogens is 264 g/mol. The van der Waals surface area contributed by atoms with Gasteiger partial charge in [-0.15, -0.1) is 0 Å². The van der Waals surface area contributed by atoms with Crippen LogP contribution >= 0.6 is 0 Å². The summed E-state index contributed by atoms with van der Waals surface area (Å²) in [6, 6.07) is 14.8. The second-order valence-electron chi connectivity index (χ2n) is 5.45. The van der Waals surface area contributed by atoms with E-state index < -0.39 is 5.41 Å². The number of aromatic hydroxyl groups is 2. The van der Waals surface area contributed by atoms with E-state index >= 15 is 0 Å². The summed E-state index contributed by atoms with van der Waals surface area (Å²) in [5.41, 5.74) is 1.95. The summed E-state index contributed by atoms with van der Waals surface area (Å²) in [5, 5.41) is 31.5. The van der Waals surface area contributed by atoms with Gasteiger partial charge in [0.25, 0.3) is 0 Å². The lowest BCUT2D eigenvalue weighted by Crippen LogP contribution is -2.13. The van der Waals surface area contributed by atoms with Gasteiger partial charge in [0.05, 0.1) is 11.5 Å². The van der Waals surface area contributed by atoms with Crippen LogP contribution in [0.5, 0.6) is 11.5 Å². The summed E-state index contributed by atoms with van der Waals surface area (Å²) in [6.07, 6.45) is 0. The Morgan fingerprint density at radius 2 is 1.76 bits per heavy atom. The predicted molar refractivity (Wildman–Crippen MR) is 82.2 cm³/mol. The van der Waals surface area contributed by atoms with Gasteiger partial charge in [0.2, 0.25) is 0 Å². The Morgan fingerprint density at radius 3 is 2.38 bits per heavy atom. The number of nitrogens with one attached hydrogen (secondary N) is 1. The number of anilines is 1. The fraction of sp³-hybridized carbons (Fsp3) is 0.235. The zero-order valence-corrected chi connectivity index (χ0v) is 12.1. The van der Waals surface area contributed by atoms with Crippen molar-refractivity contribution in [3.05, 3.63) is 53.6 Å². The SMILES string of the molecule is CC(C)(C#N)c1ccc(NCc2cccc(O)c2O)cc1. The highest BCUT2D eigenvalue weighted by Crippen LogP contribution is 2.29. The Balaban J connectivity index is 2.08. The molecule has 2 rings (SSSR count). The first kappa shape index (κ1) is 14.7. The molecule has 0 unspecified atom stereocenters. The van der Waals surface area contributed by atoms with E-state index in [9.17, 15) is 10.2 Å². The monoisotopic (exact) mass is 282 g/mol. The molecule has 0 heterocycles. The van der Waals surface area contributed by atoms with Crippen LogP contribution in [0.4, 0.5) is 5.69 Å². The molecule has 0 aromatic heterocycles. The van der Waals surface area contributed by atoms with Crippen molar-refractivity contribution in [2.75, 3.05) is 5.32 Å². The van der Waals surface area contributed by atoms with Gasteiger partial charge in [-0.05, 0) is 37.6 Å². The lowest BCUT2D eigenvalue weighted by molar-refractivity contribution is 0.400. The minimum atomic E-state index is -0.512. The van der Waals surface area contributed by atoms with Crippen molar-refractivity contribution in [1.82, 2.24) is 0 Å². The van der Waals surface area contributed by atoms with Crippen LogP contribution in [0.1, 0.15) is 25.0 Å². The second kappa shape index (κ2) is 5.76. The molecule has 0 aliphatic rings. The summed E-state index contributed by atoms with van der Waals surface area (Å²) in [6.45, 7) is 4.15. The van der Waals surface area contributed by atoms with Crippen LogP contribution < -0.4 is 5.32 Å². The van der Waals surface area contributed by atoms with Gasteiger partial charge in [-0.3, -0.25) is 0 Å². The van der Waals surface area contributed by atoms with Gasteiger partial charge < -0.3 is 15.5 Å². The maximum atomic E-state index is 9.73. The quantitative estimate of drug-likeness (QED) is 0.750. The van der Waals surface area contributed by atoms with Gasteiger partial charge in [0.1, 0.15) is 0 Å². The maximum Gasteiger partial charge on any atom is 0.162 e. The van der Waals surface area contributed by atoms with Crippen LogP contribution in [0.15, 0.2) is 42.5 Å². The van der Waals surface area contributed by atoms with Crippen LogP contribution in [-0.2, 0) is 12.0 Å². The smallest absolute Gasteiger partial charge is 0.162 e. The van der Waals surface area contributed by atoms with Crippen LogP contribution in [0.25, 0.3) is 0 Å². The molecule has 0 saturated carbocycles. The normalized spacial score (nSPS) is 10.9. The lowest BCUT2D eigenvalue weighted by atomic mass is 9.86. The van der Waals surface area contributed by atoms with Gasteiger partial charge in [-0.2, -0.15) is 5.26 Å². The van der Waals surface area contributed by atoms with E-state index in [1.165, 1.54) is 6.07 Å². The molecule has 2 aromatic carbocycles. The number of rotatable bonds is 4. The topological polar surface area (TPSA) is 76.3 Å². The molecule has 0 radical (unpaired) electrons. The maximum absolute atomic E-state index is 9.73. The first-order valence-corrected chi connectivity index (χ1v) is 6.69. The van der Waals surface area contributed by atoms with Crippen molar-refractivity contribution in [2.45, 2.75) is 25.8 Å². The summed E-state index contributed by atoms with van der Waals surface area (Å²) >= 11 is 0. The third kappa shape index (κ3) is 3.26. The largest absolute Gasteiger partial charge is 0.504 e. The highest BCUT2D eigenvalue weighted by atomic mass is 16.3. The average molecular weight is 282 g/mol. The molecule has 0 aliphatic carbocycles. The first-order valence-electron chi connectivity index (χ1n) is 6.69. The summed E-state index contributed by atoms with van der Waals surface area (Å²) < 4.78 is 0. The number of hydrogen-bond donors (Lipinski definition) is 3. The number of nitrogens with zero attached hydrogens (tertiary/aromatic N) is 1. The van der Waals surface area contributed by atoms with Gasteiger partial charge >= 0.3 is 0 Å². The van der Waals surface area contributed by atoms with E-state index in [0.717, 1.165) is 11.3 Å². The van der Waals surface area contributed by atoms with Crippen molar-refractivity contribution >= 4 is 5.69 Å². The van der Waals surface area contributed by atoms with Crippen molar-refractivity contribution in [3.8, 4) is 17.6 Å². The zero-order chi connectivity index (χ0) is 15.5. The molecule has 0 fully saturated rings. The summed E-state index contributed by atoms with van der Waals surface area (Å²) in [7, 11) is 0. The standard InChI is InChI=1S/C17H18N2O2/c1-17(2,11-18)13-6-8-14(9-7-13)19-10-12-4-3-5-15(20)16(12)21/h3-9,19-21H,10H2,1-2H3. The van der Waals surface area contributed by atoms with E-state index in [-0.39, 0.29) is 11.5 Å². The molecule has 0 atom stereocenters. The number of hydrogen-bond acceptors (Lipinski definition) is 4. The number of phenols is 2. The van der Waals surface area contributed by atoms with E-state index in [4.69, 9.17) is 5.26 Å². The Hall–Kier alpha value is -2.67. The van der Waals surface area contributed by atoms with Crippen LogP contribution in [0.2, 0.25) is 0 Å². The van der Waals surface area contributed by atoms with Crippen molar-refractivity contribution in [2.24, 2.45) is 0 Å². The Bertz CT molecular complexity index is 670. The molecule has 0 aliphatic heterocycles. The van der Waals surface area contributed by atoms with Gasteiger partial charge in [0, 0.05) is 17.8 Å². The summed E-state index contributed by atoms with van der Waals surface area (Å²) in [4.78, 5) is 0. The molecule has 0 spiro atoms. The van der Waals surface area contributed by atoms with Crippen LogP contribution in [-0.4, -0.2) is 10.2 Å². The first-order chi connectivity index (χ1) is 9.94. The third-order valence-corrected chi connectivity index (χ3v) is 3.47. The van der Waals surface area contributed by atoms with Crippen LogP contribution in [0, 0.1) is 11.3 Å². The molecule has 4 nitrogen and oxygen atoms in total. The molecule has 0 amide bonds. The Kier molecular flexibility index (Phi) is 4.04. The molecule has 21 heavy (non-hydrogen) atoms. The lowest BCUT2D eigenvalue weighted by Gasteiger charge is -2.16. The minimum absolute atomic E-state index is 0.104. The predicted octanol–water partition coefficient (Wildman–Crippen LogP) is 3.51. The number of phenolic OH excluding ortho intramolecular Hbond substituents is 2. The third-order valence-electron chi connectivity index (χ3n) is 3.47. The second-order valence-corrected chi connectivity index (χ2v) is 5.45. The fourth-order valence-corrected chi connectivity index (χ4v) is 1.99. The Morgan fingerprint density at radius 1 is 1.10 bits per heavy atom. The highest BCUT2D eigenvalue weighted by Gasteiger charge is 2.19. The van der Waals surface area contributed by atoms with E-state index in [0.29, 0.717) is 12.1 Å². The number of para-hydroxylation sites is 1. The minimum Gasteiger partial charge on any atom is -0.504 e. The van der Waals surface area contributed by atoms with E-state index in [2.05, 4.69) is 11.4 Å². The molecule has 108 valence electrons. The van der Waals surface area contributed by atoms with E-state index in [1.807, 2.05) is 38.1 Å². The van der Waals surface area contributed by atoms with Gasteiger partial charge in [-0.25, -0.2) is 0 Å². The van der Waals surface area contributed by atoms with Crippen molar-refractivity contribution < 1.29 is 10.2 Å². The fourth-order valence-electron chi connectivity index (χ4n) is 1.99. The van der Waals surface area contributed by atoms with Gasteiger partial charge in [0.15, 0.2) is 11.5 Å². The van der Waals surface area contributed by atoms with E-state index in [1.54, 1.807) is 12.1 Å². The van der Waals surface area contributed by atoms with Crippen molar-refractivity contribution in [3.63, 3.8) is 0 Å². The molecular formula is C17H18N2O2. The average Bonchev–Trinajstić information content (AvgIpc) is 2.49.